The largest absolute Gasteiger partial charge is 0.457 e. The Morgan fingerprint density at radius 1 is 0.919 bits per heavy atom. The van der Waals surface area contributed by atoms with Crippen molar-refractivity contribution in [1.82, 2.24) is 19.3 Å². The average Bonchev–Trinajstić information content (AvgIpc) is 3.28. The quantitative estimate of drug-likeness (QED) is 0.223. The topological polar surface area (TPSA) is 97.6 Å². The zero-order valence-electron chi connectivity index (χ0n) is 19.9. The van der Waals surface area contributed by atoms with E-state index in [4.69, 9.17) is 21.3 Å². The summed E-state index contributed by atoms with van der Waals surface area (Å²) in [6.07, 6.45) is 1.73. The van der Waals surface area contributed by atoms with Crippen LogP contribution in [0.5, 0.6) is 11.5 Å². The van der Waals surface area contributed by atoms with Crippen LogP contribution in [-0.2, 0) is 10.0 Å². The second-order valence-electron chi connectivity index (χ2n) is 8.28. The van der Waals surface area contributed by atoms with Crippen LogP contribution in [-0.4, -0.2) is 44.0 Å². The van der Waals surface area contributed by atoms with E-state index in [1.807, 2.05) is 68.5 Å². The van der Waals surface area contributed by atoms with Crippen LogP contribution < -0.4 is 20.2 Å². The van der Waals surface area contributed by atoms with Gasteiger partial charge in [0.05, 0.1) is 10.6 Å². The lowest BCUT2D eigenvalue weighted by Crippen LogP contribution is -2.29. The number of nitrogens with one attached hydrogen (secondary N) is 2. The summed E-state index contributed by atoms with van der Waals surface area (Å²) >= 11 is 6.39. The van der Waals surface area contributed by atoms with Gasteiger partial charge < -0.3 is 10.1 Å². The van der Waals surface area contributed by atoms with E-state index >= 15 is 0 Å². The highest BCUT2D eigenvalue weighted by molar-refractivity contribution is 7.89. The number of para-hydroxylation sites is 1. The Balaban J connectivity index is 1.26. The molecule has 0 aliphatic heterocycles. The standard InChI is InChI=1S/C26H23BClN5O3S/c27-22-17-30-33-25(16-24(32-26(22)33)21-8-4-5-9-23(21)28)29-14-15-31-37(34,35)20-12-10-19(11-13-20)36-18-6-2-1-3-7-18/h1-13,16-17,29,31H,14-15,27H2. The molecule has 3 aromatic carbocycles. The lowest BCUT2D eigenvalue weighted by atomic mass is 10.0. The van der Waals surface area contributed by atoms with Crippen LogP contribution in [0.2, 0.25) is 5.02 Å². The number of hydrogen-bond acceptors (Lipinski definition) is 6. The van der Waals surface area contributed by atoms with Crippen molar-refractivity contribution in [3.05, 3.63) is 96.1 Å². The number of hydrogen-bond donors (Lipinski definition) is 2. The first-order valence-electron chi connectivity index (χ1n) is 11.6. The fraction of sp³-hybridized carbons (Fsp3) is 0.0769. The Morgan fingerprint density at radius 3 is 2.38 bits per heavy atom. The molecule has 5 rings (SSSR count). The van der Waals surface area contributed by atoms with Gasteiger partial charge in [0.1, 0.15) is 25.2 Å². The molecular weight excluding hydrogens is 509 g/mol. The van der Waals surface area contributed by atoms with Crippen LogP contribution in [0, 0.1) is 0 Å². The predicted molar refractivity (Wildman–Crippen MR) is 148 cm³/mol. The third-order valence-corrected chi connectivity index (χ3v) is 7.44. The van der Waals surface area contributed by atoms with Crippen LogP contribution in [0.25, 0.3) is 16.9 Å². The van der Waals surface area contributed by atoms with Gasteiger partial charge in [0.2, 0.25) is 10.0 Å². The van der Waals surface area contributed by atoms with Crippen LogP contribution in [0.3, 0.4) is 0 Å². The Morgan fingerprint density at radius 2 is 1.62 bits per heavy atom. The van der Waals surface area contributed by atoms with Gasteiger partial charge in [-0.1, -0.05) is 48.0 Å². The number of nitrogens with zero attached hydrogens (tertiary/aromatic N) is 3. The number of aromatic nitrogens is 3. The number of halogens is 1. The van der Waals surface area contributed by atoms with Crippen molar-refractivity contribution in [1.29, 1.82) is 0 Å². The maximum atomic E-state index is 12.8. The fourth-order valence-corrected chi connectivity index (χ4v) is 5.04. The molecule has 0 aliphatic rings. The Labute approximate surface area is 220 Å². The van der Waals surface area contributed by atoms with Gasteiger partial charge in [0.15, 0.2) is 5.65 Å². The monoisotopic (exact) mass is 531 g/mol. The highest BCUT2D eigenvalue weighted by atomic mass is 35.5. The van der Waals surface area contributed by atoms with Crippen molar-refractivity contribution in [2.45, 2.75) is 4.90 Å². The minimum absolute atomic E-state index is 0.155. The molecule has 0 atom stereocenters. The van der Waals surface area contributed by atoms with E-state index in [1.165, 1.54) is 12.1 Å². The molecule has 0 aliphatic carbocycles. The van der Waals surface area contributed by atoms with Gasteiger partial charge in [-0.2, -0.15) is 9.61 Å². The molecule has 11 heteroatoms. The van der Waals surface area contributed by atoms with Crippen molar-refractivity contribution in [2.75, 3.05) is 18.4 Å². The Hall–Kier alpha value is -3.86. The number of rotatable bonds is 9. The second-order valence-corrected chi connectivity index (χ2v) is 10.5. The van der Waals surface area contributed by atoms with Gasteiger partial charge in [-0.15, -0.1) is 0 Å². The molecule has 8 nitrogen and oxygen atoms in total. The Bertz CT molecular complexity index is 1640. The average molecular weight is 532 g/mol. The maximum absolute atomic E-state index is 12.8. The fourth-order valence-electron chi connectivity index (χ4n) is 3.78. The maximum Gasteiger partial charge on any atom is 0.240 e. The molecule has 0 bridgehead atoms. The number of benzene rings is 3. The van der Waals surface area contributed by atoms with Gasteiger partial charge in [-0.25, -0.2) is 18.1 Å². The molecule has 0 saturated heterocycles. The summed E-state index contributed by atoms with van der Waals surface area (Å²) in [5, 5.41) is 8.25. The highest BCUT2D eigenvalue weighted by Gasteiger charge is 2.15. The predicted octanol–water partition coefficient (Wildman–Crippen LogP) is 3.49. The third-order valence-electron chi connectivity index (χ3n) is 5.63. The molecule has 0 radical (unpaired) electrons. The molecule has 0 saturated carbocycles. The van der Waals surface area contributed by atoms with E-state index < -0.39 is 10.0 Å². The van der Waals surface area contributed by atoms with E-state index in [0.717, 1.165) is 11.0 Å². The molecule has 2 heterocycles. The Kier molecular flexibility index (Phi) is 7.14. The summed E-state index contributed by atoms with van der Waals surface area (Å²) in [7, 11) is -1.77. The number of ether oxygens (including phenoxy) is 1. The van der Waals surface area contributed by atoms with Gasteiger partial charge in [-0.3, -0.25) is 0 Å². The third kappa shape index (κ3) is 5.61. The summed E-state index contributed by atoms with van der Waals surface area (Å²) in [5.74, 6) is 1.91. The molecule has 5 aromatic rings. The first kappa shape index (κ1) is 24.8. The van der Waals surface area contributed by atoms with Crippen LogP contribution in [0.1, 0.15) is 0 Å². The minimum atomic E-state index is -3.70. The molecule has 0 fully saturated rings. The van der Waals surface area contributed by atoms with E-state index in [-0.39, 0.29) is 11.4 Å². The number of fused-ring (bicyclic) bond motifs is 1. The van der Waals surface area contributed by atoms with Crippen LogP contribution in [0.4, 0.5) is 5.82 Å². The van der Waals surface area contributed by atoms with Crippen molar-refractivity contribution < 1.29 is 13.2 Å². The van der Waals surface area contributed by atoms with Crippen molar-refractivity contribution >= 4 is 46.4 Å². The SMILES string of the molecule is Bc1cnn2c(NCCNS(=O)(=O)c3ccc(Oc4ccccc4)cc3)cc(-c3ccccc3Cl)nc12. The van der Waals surface area contributed by atoms with Crippen LogP contribution >= 0.6 is 11.6 Å². The zero-order valence-corrected chi connectivity index (χ0v) is 21.5. The normalized spacial score (nSPS) is 11.5. The van der Waals surface area contributed by atoms with Crippen molar-refractivity contribution in [3.8, 4) is 22.8 Å². The number of anilines is 1. The van der Waals surface area contributed by atoms with Crippen molar-refractivity contribution in [3.63, 3.8) is 0 Å². The van der Waals surface area contributed by atoms with E-state index in [9.17, 15) is 8.42 Å². The first-order chi connectivity index (χ1) is 17.9. The summed E-state index contributed by atoms with van der Waals surface area (Å²) in [6, 6.07) is 24.9. The lowest BCUT2D eigenvalue weighted by Gasteiger charge is -2.13. The molecular formula is C26H23BClN5O3S. The van der Waals surface area contributed by atoms with Crippen molar-refractivity contribution in [2.24, 2.45) is 0 Å². The lowest BCUT2D eigenvalue weighted by molar-refractivity contribution is 0.482. The van der Waals surface area contributed by atoms with E-state index in [2.05, 4.69) is 15.1 Å². The first-order valence-corrected chi connectivity index (χ1v) is 13.4. The van der Waals surface area contributed by atoms with Crippen LogP contribution in [0.15, 0.2) is 96.0 Å². The summed E-state index contributed by atoms with van der Waals surface area (Å²) in [4.78, 5) is 4.88. The molecule has 0 spiro atoms. The summed E-state index contributed by atoms with van der Waals surface area (Å²) in [6.45, 7) is 0.491. The second kappa shape index (κ2) is 10.6. The molecule has 2 aromatic heterocycles. The molecule has 186 valence electrons. The van der Waals surface area contributed by atoms with E-state index in [0.29, 0.717) is 40.2 Å². The zero-order chi connectivity index (χ0) is 25.8. The molecule has 0 amide bonds. The van der Waals surface area contributed by atoms with Gasteiger partial charge in [-0.05, 0) is 47.9 Å². The molecule has 2 N–H and O–H groups in total. The summed E-state index contributed by atoms with van der Waals surface area (Å²) in [5.41, 5.74) is 3.11. The van der Waals surface area contributed by atoms with Gasteiger partial charge in [0, 0.05) is 35.9 Å². The summed E-state index contributed by atoms with van der Waals surface area (Å²) < 4.78 is 35.6. The van der Waals surface area contributed by atoms with Gasteiger partial charge in [0.25, 0.3) is 0 Å². The highest BCUT2D eigenvalue weighted by Crippen LogP contribution is 2.28. The molecule has 0 unspecified atom stereocenters. The smallest absolute Gasteiger partial charge is 0.240 e. The minimum Gasteiger partial charge on any atom is -0.457 e. The van der Waals surface area contributed by atoms with E-state index in [1.54, 1.807) is 22.8 Å². The molecule has 37 heavy (non-hydrogen) atoms. The number of sulfonamides is 1. The van der Waals surface area contributed by atoms with Gasteiger partial charge >= 0.3 is 0 Å².